The van der Waals surface area contributed by atoms with E-state index in [-0.39, 0.29) is 36.1 Å². The van der Waals surface area contributed by atoms with Crippen LogP contribution in [0, 0.1) is 5.92 Å². The maximum absolute atomic E-state index is 12.9. The molecular weight excluding hydrogens is 558 g/mol. The number of hydrogen-bond donors (Lipinski definition) is 2. The zero-order valence-electron chi connectivity index (χ0n) is 24.6. The van der Waals surface area contributed by atoms with E-state index in [2.05, 4.69) is 38.7 Å². The number of anilines is 2. The van der Waals surface area contributed by atoms with E-state index in [0.717, 1.165) is 53.6 Å². The number of carbonyl (C=O) groups is 4. The standard InChI is InChI=1S/C34H35N5O5/c1-22(9-12-31(41)36-21-40)39-20-25-18-26(10-11-28(25)33(39)43)37-32(42)17-23-13-15-38(16-14-23)34-35-19-30(44-34)29-8-4-6-24-5-2-3-7-27(24)29/h2-8,10-11,18-19,21-23H,9,12-17,20H2,1H3,(H,37,42)(H,36,40,41). The van der Waals surface area contributed by atoms with E-state index >= 15 is 0 Å². The summed E-state index contributed by atoms with van der Waals surface area (Å²) in [5.41, 5.74) is 3.14. The number of carbonyl (C=O) groups excluding carboxylic acids is 4. The van der Waals surface area contributed by atoms with Gasteiger partial charge in [-0.25, -0.2) is 4.98 Å². The second-order valence-corrected chi connectivity index (χ2v) is 11.6. The number of amides is 4. The summed E-state index contributed by atoms with van der Waals surface area (Å²) in [6, 6.07) is 20.2. The smallest absolute Gasteiger partial charge is 0.297 e. The summed E-state index contributed by atoms with van der Waals surface area (Å²) in [5, 5.41) is 7.42. The van der Waals surface area contributed by atoms with Crippen LogP contribution in [0.1, 0.15) is 54.9 Å². The number of aromatic nitrogens is 1. The lowest BCUT2D eigenvalue weighted by Gasteiger charge is -2.30. The fourth-order valence-electron chi connectivity index (χ4n) is 6.19. The molecule has 0 radical (unpaired) electrons. The minimum atomic E-state index is -0.365. The van der Waals surface area contributed by atoms with Crippen molar-refractivity contribution < 1.29 is 23.6 Å². The van der Waals surface area contributed by atoms with E-state index in [1.54, 1.807) is 23.2 Å². The van der Waals surface area contributed by atoms with Gasteiger partial charge >= 0.3 is 0 Å². The van der Waals surface area contributed by atoms with Crippen molar-refractivity contribution in [3.8, 4) is 11.3 Å². The Balaban J connectivity index is 0.997. The van der Waals surface area contributed by atoms with Gasteiger partial charge in [-0.1, -0.05) is 42.5 Å². The lowest BCUT2D eigenvalue weighted by molar-refractivity contribution is -0.125. The molecule has 0 saturated carbocycles. The molecule has 1 aromatic heterocycles. The molecule has 1 saturated heterocycles. The zero-order valence-corrected chi connectivity index (χ0v) is 24.6. The molecule has 10 heteroatoms. The predicted octanol–water partition coefficient (Wildman–Crippen LogP) is 5.14. The van der Waals surface area contributed by atoms with Gasteiger partial charge < -0.3 is 19.5 Å². The summed E-state index contributed by atoms with van der Waals surface area (Å²) in [4.78, 5) is 56.4. The molecule has 2 aliphatic rings. The first-order chi connectivity index (χ1) is 21.4. The Morgan fingerprint density at radius 2 is 1.84 bits per heavy atom. The highest BCUT2D eigenvalue weighted by molar-refractivity contribution is 6.00. The average Bonchev–Trinajstić information content (AvgIpc) is 3.65. The fourth-order valence-corrected chi connectivity index (χ4v) is 6.19. The summed E-state index contributed by atoms with van der Waals surface area (Å²) in [6.07, 6.45) is 4.89. The van der Waals surface area contributed by atoms with Crippen molar-refractivity contribution in [1.29, 1.82) is 0 Å². The quantitative estimate of drug-likeness (QED) is 0.244. The summed E-state index contributed by atoms with van der Waals surface area (Å²) in [6.45, 7) is 3.83. The van der Waals surface area contributed by atoms with E-state index in [4.69, 9.17) is 4.42 Å². The van der Waals surface area contributed by atoms with Crippen LogP contribution < -0.4 is 15.5 Å². The van der Waals surface area contributed by atoms with Crippen molar-refractivity contribution in [2.24, 2.45) is 5.92 Å². The zero-order chi connectivity index (χ0) is 30.6. The molecule has 4 aromatic rings. The number of imide groups is 1. The lowest BCUT2D eigenvalue weighted by atomic mass is 9.93. The van der Waals surface area contributed by atoms with Gasteiger partial charge in [-0.05, 0) is 66.6 Å². The Hall–Kier alpha value is -4.99. The number of piperidine rings is 1. The first kappa shape index (κ1) is 29.1. The molecule has 3 heterocycles. The van der Waals surface area contributed by atoms with E-state index in [9.17, 15) is 19.2 Å². The third-order valence-corrected chi connectivity index (χ3v) is 8.67. The number of nitrogens with zero attached hydrogens (tertiary/aromatic N) is 3. The van der Waals surface area contributed by atoms with Crippen LogP contribution in [-0.2, 0) is 20.9 Å². The first-order valence-corrected chi connectivity index (χ1v) is 15.0. The van der Waals surface area contributed by atoms with Gasteiger partial charge in [-0.3, -0.25) is 24.5 Å². The van der Waals surface area contributed by atoms with Gasteiger partial charge in [0.25, 0.3) is 11.9 Å². The van der Waals surface area contributed by atoms with Crippen molar-refractivity contribution in [3.63, 3.8) is 0 Å². The summed E-state index contributed by atoms with van der Waals surface area (Å²) in [7, 11) is 0. The van der Waals surface area contributed by atoms with Crippen molar-refractivity contribution >= 4 is 46.6 Å². The maximum Gasteiger partial charge on any atom is 0.297 e. The molecule has 44 heavy (non-hydrogen) atoms. The Morgan fingerprint density at radius 1 is 1.05 bits per heavy atom. The van der Waals surface area contributed by atoms with Gasteiger partial charge in [0.1, 0.15) is 0 Å². The Morgan fingerprint density at radius 3 is 2.66 bits per heavy atom. The number of nitrogens with one attached hydrogen (secondary N) is 2. The topological polar surface area (TPSA) is 125 Å². The van der Waals surface area contributed by atoms with Gasteiger partial charge in [0.15, 0.2) is 5.76 Å². The van der Waals surface area contributed by atoms with Gasteiger partial charge in [0.2, 0.25) is 18.2 Å². The normalized spacial score (nSPS) is 15.7. The van der Waals surface area contributed by atoms with Gasteiger partial charge in [0.05, 0.1) is 6.20 Å². The number of rotatable bonds is 10. The largest absolute Gasteiger partial charge is 0.423 e. The maximum atomic E-state index is 12.9. The van der Waals surface area contributed by atoms with E-state index in [1.165, 1.54) is 0 Å². The third-order valence-electron chi connectivity index (χ3n) is 8.67. The minimum absolute atomic E-state index is 0.0477. The van der Waals surface area contributed by atoms with Crippen molar-refractivity contribution in [3.05, 3.63) is 78.0 Å². The molecule has 1 unspecified atom stereocenters. The van der Waals surface area contributed by atoms with Gasteiger partial charge in [0, 0.05) is 55.3 Å². The van der Waals surface area contributed by atoms with Gasteiger partial charge in [-0.15, -0.1) is 0 Å². The third kappa shape index (κ3) is 6.20. The summed E-state index contributed by atoms with van der Waals surface area (Å²) < 4.78 is 6.19. The van der Waals surface area contributed by atoms with Crippen LogP contribution in [0.5, 0.6) is 0 Å². The van der Waals surface area contributed by atoms with Crippen LogP contribution in [0.15, 0.2) is 71.3 Å². The fraction of sp³-hybridized carbons (Fsp3) is 0.324. The van der Waals surface area contributed by atoms with E-state index in [0.29, 0.717) is 43.1 Å². The molecule has 0 spiro atoms. The molecule has 2 N–H and O–H groups in total. The molecule has 2 aliphatic heterocycles. The average molecular weight is 594 g/mol. The van der Waals surface area contributed by atoms with Crippen LogP contribution in [-0.4, -0.2) is 53.1 Å². The van der Waals surface area contributed by atoms with Crippen LogP contribution in [0.2, 0.25) is 0 Å². The Kier molecular flexibility index (Phi) is 8.40. The number of hydrogen-bond acceptors (Lipinski definition) is 7. The first-order valence-electron chi connectivity index (χ1n) is 15.0. The monoisotopic (exact) mass is 593 g/mol. The SMILES string of the molecule is CC(CCC(=O)NC=O)N1Cc2cc(NC(=O)CC3CCN(c4ncc(-c5cccc6ccccc56)o4)CC3)ccc2C1=O. The van der Waals surface area contributed by atoms with Crippen LogP contribution in [0.3, 0.4) is 0 Å². The lowest BCUT2D eigenvalue weighted by Crippen LogP contribution is -2.35. The minimum Gasteiger partial charge on any atom is -0.423 e. The van der Waals surface area contributed by atoms with Crippen LogP contribution >= 0.6 is 0 Å². The van der Waals surface area contributed by atoms with Crippen molar-refractivity contribution in [2.75, 3.05) is 23.3 Å². The highest BCUT2D eigenvalue weighted by atomic mass is 16.4. The second kappa shape index (κ2) is 12.7. The summed E-state index contributed by atoms with van der Waals surface area (Å²) in [5.74, 6) is 0.489. The molecule has 0 aliphatic carbocycles. The molecule has 4 amide bonds. The van der Waals surface area contributed by atoms with Crippen LogP contribution in [0.25, 0.3) is 22.1 Å². The molecule has 1 fully saturated rings. The molecule has 6 rings (SSSR count). The second-order valence-electron chi connectivity index (χ2n) is 11.6. The molecule has 226 valence electrons. The Bertz CT molecular complexity index is 1700. The number of oxazole rings is 1. The predicted molar refractivity (Wildman–Crippen MR) is 167 cm³/mol. The van der Waals surface area contributed by atoms with Crippen molar-refractivity contribution in [1.82, 2.24) is 15.2 Å². The molecular formula is C34H35N5O5. The van der Waals surface area contributed by atoms with E-state index < -0.39 is 0 Å². The highest BCUT2D eigenvalue weighted by Crippen LogP contribution is 2.33. The van der Waals surface area contributed by atoms with E-state index in [1.807, 2.05) is 37.3 Å². The van der Waals surface area contributed by atoms with Crippen LogP contribution in [0.4, 0.5) is 11.7 Å². The van der Waals surface area contributed by atoms with Crippen molar-refractivity contribution in [2.45, 2.75) is 51.6 Å². The number of benzene rings is 3. The Labute approximate surface area is 255 Å². The number of fused-ring (bicyclic) bond motifs is 2. The molecule has 3 aromatic carbocycles. The molecule has 0 bridgehead atoms. The molecule has 1 atom stereocenters. The highest BCUT2D eigenvalue weighted by Gasteiger charge is 2.31. The summed E-state index contributed by atoms with van der Waals surface area (Å²) >= 11 is 0. The van der Waals surface area contributed by atoms with Gasteiger partial charge in [-0.2, -0.15) is 0 Å². The molecule has 10 nitrogen and oxygen atoms in total.